The SMILES string of the molecule is CCCCCCCCCCCCCCCCCCCCC1OCC(O[N+](=O)[O-])C1O[N+](=O)[O-]. The van der Waals surface area contributed by atoms with E-state index in [0.29, 0.717) is 6.42 Å². The zero-order valence-electron chi connectivity index (χ0n) is 20.6. The van der Waals surface area contributed by atoms with Gasteiger partial charge in [0, 0.05) is 0 Å². The average molecular weight is 475 g/mol. The Bertz CT molecular complexity index is 507. The summed E-state index contributed by atoms with van der Waals surface area (Å²) >= 11 is 0. The van der Waals surface area contributed by atoms with Crippen LogP contribution in [-0.4, -0.2) is 35.1 Å². The maximum atomic E-state index is 10.7. The van der Waals surface area contributed by atoms with Crippen molar-refractivity contribution in [3.63, 3.8) is 0 Å². The van der Waals surface area contributed by atoms with Crippen LogP contribution in [0.3, 0.4) is 0 Å². The molecule has 9 heteroatoms. The van der Waals surface area contributed by atoms with E-state index in [2.05, 4.69) is 16.6 Å². The Morgan fingerprint density at radius 3 is 1.45 bits per heavy atom. The van der Waals surface area contributed by atoms with Crippen LogP contribution in [0.5, 0.6) is 0 Å². The van der Waals surface area contributed by atoms with Crippen LogP contribution in [0.1, 0.15) is 129 Å². The van der Waals surface area contributed by atoms with E-state index in [-0.39, 0.29) is 6.61 Å². The van der Waals surface area contributed by atoms with Gasteiger partial charge in [-0.15, -0.1) is 20.2 Å². The fraction of sp³-hybridized carbons (Fsp3) is 1.00. The van der Waals surface area contributed by atoms with Crippen LogP contribution < -0.4 is 0 Å². The molecule has 33 heavy (non-hydrogen) atoms. The van der Waals surface area contributed by atoms with E-state index in [0.717, 1.165) is 19.3 Å². The van der Waals surface area contributed by atoms with Crippen molar-refractivity contribution in [1.29, 1.82) is 0 Å². The predicted molar refractivity (Wildman–Crippen MR) is 127 cm³/mol. The van der Waals surface area contributed by atoms with Crippen LogP contribution in [0.25, 0.3) is 0 Å². The van der Waals surface area contributed by atoms with Gasteiger partial charge in [0.1, 0.15) is 0 Å². The highest BCUT2D eigenvalue weighted by Gasteiger charge is 2.42. The van der Waals surface area contributed by atoms with Gasteiger partial charge in [-0.05, 0) is 6.42 Å². The van der Waals surface area contributed by atoms with Gasteiger partial charge in [0.25, 0.3) is 10.2 Å². The van der Waals surface area contributed by atoms with Crippen molar-refractivity contribution in [2.75, 3.05) is 6.61 Å². The highest BCUT2D eigenvalue weighted by atomic mass is 17.0. The summed E-state index contributed by atoms with van der Waals surface area (Å²) in [5.41, 5.74) is 0. The summed E-state index contributed by atoms with van der Waals surface area (Å²) in [6.45, 7) is 2.20. The maximum Gasteiger partial charge on any atom is 0.294 e. The molecule has 194 valence electrons. The molecular formula is C24H46N2O7. The summed E-state index contributed by atoms with van der Waals surface area (Å²) in [7, 11) is 0. The number of nitrogens with zero attached hydrogens (tertiary/aromatic N) is 2. The van der Waals surface area contributed by atoms with E-state index in [9.17, 15) is 20.2 Å². The number of ether oxygens (including phenoxy) is 1. The first kappa shape index (κ1) is 29.4. The largest absolute Gasteiger partial charge is 0.373 e. The third-order valence-corrected chi connectivity index (χ3v) is 6.48. The summed E-state index contributed by atoms with van der Waals surface area (Å²) in [4.78, 5) is 30.3. The minimum Gasteiger partial charge on any atom is -0.373 e. The molecule has 0 spiro atoms. The average Bonchev–Trinajstić information content (AvgIpc) is 3.12. The number of rotatable bonds is 23. The lowest BCUT2D eigenvalue weighted by Gasteiger charge is -2.19. The first-order chi connectivity index (χ1) is 16.0. The third-order valence-electron chi connectivity index (χ3n) is 6.48. The molecule has 1 fully saturated rings. The molecule has 3 atom stereocenters. The van der Waals surface area contributed by atoms with Gasteiger partial charge in [0.05, 0.1) is 12.7 Å². The second-order valence-electron chi connectivity index (χ2n) is 9.33. The van der Waals surface area contributed by atoms with Crippen LogP contribution >= 0.6 is 0 Å². The summed E-state index contributed by atoms with van der Waals surface area (Å²) in [5.74, 6) is 0. The lowest BCUT2D eigenvalue weighted by molar-refractivity contribution is -0.797. The van der Waals surface area contributed by atoms with Crippen molar-refractivity contribution >= 4 is 0 Å². The standard InChI is InChI=1S/C24H46N2O7/c1-2-3-4-5-6-7-8-9-10-11-12-13-14-15-16-17-18-19-20-22-24(33-26(29)30)23(21-31-22)32-25(27)28/h22-24H,2-21H2,1H3. The van der Waals surface area contributed by atoms with Crippen molar-refractivity contribution in [3.8, 4) is 0 Å². The molecule has 0 amide bonds. The minimum atomic E-state index is -1.05. The monoisotopic (exact) mass is 474 g/mol. The second-order valence-corrected chi connectivity index (χ2v) is 9.33. The molecule has 0 aromatic carbocycles. The molecule has 0 aliphatic carbocycles. The van der Waals surface area contributed by atoms with E-state index < -0.39 is 28.5 Å². The summed E-state index contributed by atoms with van der Waals surface area (Å²) in [6.07, 6.45) is 21.3. The molecule has 1 rings (SSSR count). The van der Waals surface area contributed by atoms with Crippen LogP contribution in [0, 0.1) is 20.2 Å². The lowest BCUT2D eigenvalue weighted by Crippen LogP contribution is -2.37. The lowest BCUT2D eigenvalue weighted by atomic mass is 10.0. The zero-order chi connectivity index (χ0) is 24.2. The van der Waals surface area contributed by atoms with Gasteiger partial charge < -0.3 is 14.4 Å². The fourth-order valence-electron chi connectivity index (χ4n) is 4.58. The van der Waals surface area contributed by atoms with Crippen LogP contribution in [0.2, 0.25) is 0 Å². The van der Waals surface area contributed by atoms with Gasteiger partial charge in [0.2, 0.25) is 0 Å². The summed E-state index contributed by atoms with van der Waals surface area (Å²) in [5, 5.41) is 19.3. The first-order valence-electron chi connectivity index (χ1n) is 13.3. The predicted octanol–water partition coefficient (Wildman–Crippen LogP) is 6.97. The van der Waals surface area contributed by atoms with E-state index in [1.165, 1.54) is 96.3 Å². The molecule has 0 aromatic heterocycles. The van der Waals surface area contributed by atoms with Gasteiger partial charge in [-0.25, -0.2) is 0 Å². The third kappa shape index (κ3) is 15.8. The first-order valence-corrected chi connectivity index (χ1v) is 13.3. The van der Waals surface area contributed by atoms with Crippen molar-refractivity contribution in [2.24, 2.45) is 0 Å². The molecule has 0 N–H and O–H groups in total. The molecule has 9 nitrogen and oxygen atoms in total. The van der Waals surface area contributed by atoms with Gasteiger partial charge in [-0.2, -0.15) is 0 Å². The quantitative estimate of drug-likeness (QED) is 0.0892. The van der Waals surface area contributed by atoms with E-state index in [1.54, 1.807) is 0 Å². The summed E-state index contributed by atoms with van der Waals surface area (Å²) < 4.78 is 5.45. The smallest absolute Gasteiger partial charge is 0.294 e. The molecule has 0 bridgehead atoms. The fourth-order valence-corrected chi connectivity index (χ4v) is 4.58. The minimum absolute atomic E-state index is 0.0663. The van der Waals surface area contributed by atoms with Gasteiger partial charge in [0.15, 0.2) is 12.2 Å². The Morgan fingerprint density at radius 2 is 1.06 bits per heavy atom. The van der Waals surface area contributed by atoms with Crippen molar-refractivity contribution in [3.05, 3.63) is 20.2 Å². The molecule has 0 radical (unpaired) electrons. The number of hydrogen-bond donors (Lipinski definition) is 0. The van der Waals surface area contributed by atoms with E-state index >= 15 is 0 Å². The van der Waals surface area contributed by atoms with Crippen LogP contribution in [-0.2, 0) is 14.4 Å². The van der Waals surface area contributed by atoms with Gasteiger partial charge in [-0.3, -0.25) is 0 Å². The van der Waals surface area contributed by atoms with Crippen LogP contribution in [0.15, 0.2) is 0 Å². The molecule has 0 saturated carbocycles. The molecule has 1 aliphatic rings. The van der Waals surface area contributed by atoms with Crippen LogP contribution in [0.4, 0.5) is 0 Å². The second kappa shape index (κ2) is 19.8. The number of unbranched alkanes of at least 4 members (excludes halogenated alkanes) is 17. The molecular weight excluding hydrogens is 428 g/mol. The van der Waals surface area contributed by atoms with Gasteiger partial charge >= 0.3 is 0 Å². The van der Waals surface area contributed by atoms with Crippen molar-refractivity contribution in [2.45, 2.75) is 147 Å². The van der Waals surface area contributed by atoms with E-state index in [1.807, 2.05) is 0 Å². The topological polar surface area (TPSA) is 114 Å². The molecule has 3 unspecified atom stereocenters. The van der Waals surface area contributed by atoms with Gasteiger partial charge in [-0.1, -0.05) is 122 Å². The van der Waals surface area contributed by atoms with Crippen molar-refractivity contribution in [1.82, 2.24) is 0 Å². The Labute approximate surface area is 199 Å². The Morgan fingerprint density at radius 1 is 0.667 bits per heavy atom. The maximum absolute atomic E-state index is 10.7. The normalized spacial score (nSPS) is 20.1. The summed E-state index contributed by atoms with van der Waals surface area (Å²) in [6, 6.07) is 0. The number of hydrogen-bond acceptors (Lipinski definition) is 7. The molecule has 1 aliphatic heterocycles. The Kier molecular flexibility index (Phi) is 17.6. The van der Waals surface area contributed by atoms with Crippen molar-refractivity contribution < 1.29 is 24.6 Å². The zero-order valence-corrected chi connectivity index (χ0v) is 20.6. The molecule has 0 aromatic rings. The molecule has 1 heterocycles. The van der Waals surface area contributed by atoms with E-state index in [4.69, 9.17) is 4.74 Å². The molecule has 1 saturated heterocycles. The highest BCUT2D eigenvalue weighted by Crippen LogP contribution is 2.25. The highest BCUT2D eigenvalue weighted by molar-refractivity contribution is 4.84. The Hall–Kier alpha value is -1.64. The Balaban J connectivity index is 1.90.